The molecule has 8 heteroatoms. The first kappa shape index (κ1) is 27.4. The number of carboxylic acids is 1. The zero-order valence-corrected chi connectivity index (χ0v) is 22.7. The number of aliphatic carboxylic acids is 1. The van der Waals surface area contributed by atoms with E-state index < -0.39 is 30.1 Å². The van der Waals surface area contributed by atoms with Crippen LogP contribution in [0, 0.1) is 0 Å². The van der Waals surface area contributed by atoms with Crippen molar-refractivity contribution < 1.29 is 24.2 Å². The highest BCUT2D eigenvalue weighted by atomic mass is 16.5. The molecule has 2 N–H and O–H groups in total. The Morgan fingerprint density at radius 3 is 2.23 bits per heavy atom. The smallest absolute Gasteiger partial charge is 0.407 e. The lowest BCUT2D eigenvalue weighted by Gasteiger charge is -2.36. The summed E-state index contributed by atoms with van der Waals surface area (Å²) in [5, 5.41) is 12.5. The van der Waals surface area contributed by atoms with Crippen LogP contribution < -0.4 is 5.32 Å². The molecule has 1 aliphatic carbocycles. The van der Waals surface area contributed by atoms with Crippen molar-refractivity contribution in [3.8, 4) is 11.1 Å². The Morgan fingerprint density at radius 1 is 0.950 bits per heavy atom. The van der Waals surface area contributed by atoms with Gasteiger partial charge in [-0.15, -0.1) is 0 Å². The third-order valence-electron chi connectivity index (χ3n) is 7.79. The summed E-state index contributed by atoms with van der Waals surface area (Å²) in [4.78, 5) is 42.1. The van der Waals surface area contributed by atoms with Crippen LogP contribution in [0.5, 0.6) is 0 Å². The normalized spacial score (nSPS) is 17.1. The largest absolute Gasteiger partial charge is 0.480 e. The van der Waals surface area contributed by atoms with Gasteiger partial charge in [0.1, 0.15) is 18.7 Å². The van der Waals surface area contributed by atoms with Crippen LogP contribution in [0.25, 0.3) is 11.1 Å². The summed E-state index contributed by atoms with van der Waals surface area (Å²) < 4.78 is 5.73. The van der Waals surface area contributed by atoms with Crippen LogP contribution in [0.2, 0.25) is 0 Å². The third kappa shape index (κ3) is 6.02. The number of nitrogens with zero attached hydrogens (tertiary/aromatic N) is 2. The fourth-order valence-electron chi connectivity index (χ4n) is 5.89. The molecular formula is C32H35N3O5. The Kier molecular flexibility index (Phi) is 8.45. The van der Waals surface area contributed by atoms with Crippen molar-refractivity contribution in [2.75, 3.05) is 26.7 Å². The molecule has 1 aliphatic heterocycles. The number of fused-ring (bicyclic) bond motifs is 3. The van der Waals surface area contributed by atoms with Gasteiger partial charge in [-0.2, -0.15) is 0 Å². The molecule has 2 aliphatic rings. The zero-order chi connectivity index (χ0) is 28.1. The minimum Gasteiger partial charge on any atom is -0.480 e. The van der Waals surface area contributed by atoms with Crippen LogP contribution >= 0.6 is 0 Å². The van der Waals surface area contributed by atoms with E-state index in [0.717, 1.165) is 40.7 Å². The second-order valence-electron chi connectivity index (χ2n) is 10.6. The van der Waals surface area contributed by atoms with E-state index in [1.54, 1.807) is 0 Å². The van der Waals surface area contributed by atoms with Crippen molar-refractivity contribution in [1.29, 1.82) is 0 Å². The lowest BCUT2D eigenvalue weighted by atomic mass is 9.98. The van der Waals surface area contributed by atoms with Crippen molar-refractivity contribution >= 4 is 18.0 Å². The Hall–Kier alpha value is -4.17. The molecule has 2 unspecified atom stereocenters. The van der Waals surface area contributed by atoms with E-state index in [4.69, 9.17) is 4.74 Å². The standard InChI is InChI=1S/C32H35N3O5/c1-34(19-22-11-3-2-4-12-22)20-28(30(36)35-18-10-9-17-29(35)31(37)38)33-32(39)40-21-27-25-15-7-5-13-23(25)24-14-6-8-16-26(24)27/h2-8,11-16,27-29H,9-10,17-21H2,1H3,(H,33,39)(H,37,38). The summed E-state index contributed by atoms with van der Waals surface area (Å²) in [5.74, 6) is -1.53. The number of hydrogen-bond donors (Lipinski definition) is 2. The number of amides is 2. The van der Waals surface area contributed by atoms with Crippen molar-refractivity contribution in [2.45, 2.75) is 43.8 Å². The van der Waals surface area contributed by atoms with Gasteiger partial charge >= 0.3 is 12.1 Å². The number of carboxylic acid groups (broad SMARTS) is 1. The van der Waals surface area contributed by atoms with Gasteiger partial charge in [0.2, 0.25) is 5.91 Å². The summed E-state index contributed by atoms with van der Waals surface area (Å²) in [6, 6.07) is 24.2. The summed E-state index contributed by atoms with van der Waals surface area (Å²) >= 11 is 0. The van der Waals surface area contributed by atoms with E-state index in [-0.39, 0.29) is 19.1 Å². The molecule has 0 aromatic heterocycles. The lowest BCUT2D eigenvalue weighted by molar-refractivity contribution is -0.153. The van der Waals surface area contributed by atoms with Crippen molar-refractivity contribution in [2.24, 2.45) is 0 Å². The van der Waals surface area contributed by atoms with E-state index >= 15 is 0 Å². The molecular weight excluding hydrogens is 506 g/mol. The average Bonchev–Trinajstić information content (AvgIpc) is 3.29. The number of hydrogen-bond acceptors (Lipinski definition) is 5. The Labute approximate surface area is 234 Å². The molecule has 0 saturated carbocycles. The van der Waals surface area contributed by atoms with Gasteiger partial charge in [0.25, 0.3) is 0 Å². The van der Waals surface area contributed by atoms with Crippen molar-refractivity contribution in [1.82, 2.24) is 15.1 Å². The number of rotatable bonds is 9. The molecule has 2 atom stereocenters. The Morgan fingerprint density at radius 2 is 1.57 bits per heavy atom. The SMILES string of the molecule is CN(Cc1ccccc1)CC(NC(=O)OCC1c2ccccc2-c2ccccc21)C(=O)N1CCCCC1C(=O)O. The highest BCUT2D eigenvalue weighted by molar-refractivity contribution is 5.89. The number of likely N-dealkylation sites (N-methyl/N-ethyl adjacent to an activating group) is 1. The molecule has 3 aromatic rings. The van der Waals surface area contributed by atoms with E-state index in [0.29, 0.717) is 19.5 Å². The summed E-state index contributed by atoms with van der Waals surface area (Å²) in [6.45, 7) is 1.25. The van der Waals surface area contributed by atoms with Gasteiger partial charge in [0, 0.05) is 25.6 Å². The van der Waals surface area contributed by atoms with E-state index in [1.165, 1.54) is 4.90 Å². The molecule has 0 spiro atoms. The molecule has 1 fully saturated rings. The maximum absolute atomic E-state index is 13.7. The van der Waals surface area contributed by atoms with Gasteiger partial charge in [-0.3, -0.25) is 9.69 Å². The number of likely N-dealkylation sites (tertiary alicyclic amines) is 1. The van der Waals surface area contributed by atoms with Crippen LogP contribution in [0.4, 0.5) is 4.79 Å². The maximum Gasteiger partial charge on any atom is 0.407 e. The molecule has 40 heavy (non-hydrogen) atoms. The van der Waals surface area contributed by atoms with Gasteiger partial charge in [-0.25, -0.2) is 9.59 Å². The number of carbonyl (C=O) groups excluding carboxylic acids is 2. The topological polar surface area (TPSA) is 99.2 Å². The number of nitrogens with one attached hydrogen (secondary N) is 1. The average molecular weight is 542 g/mol. The second-order valence-corrected chi connectivity index (χ2v) is 10.6. The molecule has 2 amide bonds. The van der Waals surface area contributed by atoms with Crippen LogP contribution in [0.3, 0.4) is 0 Å². The first-order valence-electron chi connectivity index (χ1n) is 13.8. The minimum absolute atomic E-state index is 0.105. The third-order valence-corrected chi connectivity index (χ3v) is 7.79. The number of piperidine rings is 1. The van der Waals surface area contributed by atoms with Crippen molar-refractivity contribution in [3.05, 3.63) is 95.6 Å². The Balaban J connectivity index is 1.30. The molecule has 5 rings (SSSR count). The monoisotopic (exact) mass is 541 g/mol. The van der Waals surface area contributed by atoms with Gasteiger partial charge < -0.3 is 20.1 Å². The molecule has 1 saturated heterocycles. The highest BCUT2D eigenvalue weighted by Gasteiger charge is 2.37. The predicted molar refractivity (Wildman–Crippen MR) is 152 cm³/mol. The number of alkyl carbamates (subject to hydrolysis) is 1. The van der Waals surface area contributed by atoms with E-state index in [2.05, 4.69) is 29.6 Å². The quantitative estimate of drug-likeness (QED) is 0.414. The van der Waals surface area contributed by atoms with Gasteiger partial charge in [0.15, 0.2) is 0 Å². The van der Waals surface area contributed by atoms with Crippen LogP contribution in [-0.4, -0.2) is 71.7 Å². The van der Waals surface area contributed by atoms with E-state index in [1.807, 2.05) is 66.5 Å². The molecule has 0 bridgehead atoms. The highest BCUT2D eigenvalue weighted by Crippen LogP contribution is 2.44. The van der Waals surface area contributed by atoms with Crippen molar-refractivity contribution in [3.63, 3.8) is 0 Å². The van der Waals surface area contributed by atoms with Crippen LogP contribution in [0.1, 0.15) is 41.9 Å². The Bertz CT molecular complexity index is 1320. The molecule has 1 heterocycles. The summed E-state index contributed by atoms with van der Waals surface area (Å²) in [5.41, 5.74) is 5.53. The fraction of sp³-hybridized carbons (Fsp3) is 0.344. The molecule has 3 aromatic carbocycles. The zero-order valence-electron chi connectivity index (χ0n) is 22.7. The fourth-order valence-corrected chi connectivity index (χ4v) is 5.89. The number of benzene rings is 3. The van der Waals surface area contributed by atoms with Gasteiger partial charge in [-0.05, 0) is 54.1 Å². The second kappa shape index (κ2) is 12.3. The van der Waals surface area contributed by atoms with Crippen LogP contribution in [0.15, 0.2) is 78.9 Å². The van der Waals surface area contributed by atoms with E-state index in [9.17, 15) is 19.5 Å². The predicted octanol–water partition coefficient (Wildman–Crippen LogP) is 4.49. The lowest BCUT2D eigenvalue weighted by Crippen LogP contribution is -2.58. The first-order chi connectivity index (χ1) is 19.4. The minimum atomic E-state index is -1.02. The van der Waals surface area contributed by atoms with Gasteiger partial charge in [0.05, 0.1) is 0 Å². The molecule has 208 valence electrons. The van der Waals surface area contributed by atoms with Crippen LogP contribution in [-0.2, 0) is 20.9 Å². The summed E-state index contributed by atoms with van der Waals surface area (Å²) in [7, 11) is 1.87. The number of ether oxygens (including phenoxy) is 1. The molecule has 8 nitrogen and oxygen atoms in total. The summed E-state index contributed by atoms with van der Waals surface area (Å²) in [6.07, 6.45) is 1.18. The number of carbonyl (C=O) groups is 3. The van der Waals surface area contributed by atoms with Gasteiger partial charge in [-0.1, -0.05) is 78.9 Å². The first-order valence-corrected chi connectivity index (χ1v) is 13.8. The molecule has 0 radical (unpaired) electrons. The maximum atomic E-state index is 13.7.